The zero-order valence-electron chi connectivity index (χ0n) is 13.3. The molecule has 0 aromatic carbocycles. The number of hydrogen-bond donors (Lipinski definition) is 2. The first-order valence-electron chi connectivity index (χ1n) is 7.32. The fraction of sp³-hybridized carbons (Fsp3) is 0.188. The number of halogens is 1. The Morgan fingerprint density at radius 3 is 2.64 bits per heavy atom. The molecule has 0 radical (unpaired) electrons. The van der Waals surface area contributed by atoms with Gasteiger partial charge in [0.25, 0.3) is 5.91 Å². The van der Waals surface area contributed by atoms with E-state index in [-0.39, 0.29) is 11.8 Å². The van der Waals surface area contributed by atoms with Crippen molar-refractivity contribution in [3.8, 4) is 10.6 Å². The highest BCUT2D eigenvalue weighted by atomic mass is 79.9. The first-order valence-corrected chi connectivity index (χ1v) is 10.6. The van der Waals surface area contributed by atoms with Crippen molar-refractivity contribution in [2.75, 3.05) is 5.32 Å². The molecule has 0 fully saturated rings. The fourth-order valence-electron chi connectivity index (χ4n) is 2.00. The van der Waals surface area contributed by atoms with Crippen molar-refractivity contribution < 1.29 is 9.59 Å². The molecular formula is C16H14BrN3O2S3. The van der Waals surface area contributed by atoms with Crippen LogP contribution in [0.5, 0.6) is 0 Å². The van der Waals surface area contributed by atoms with Gasteiger partial charge in [0.2, 0.25) is 5.91 Å². The zero-order valence-corrected chi connectivity index (χ0v) is 17.4. The Kier molecular flexibility index (Phi) is 5.67. The van der Waals surface area contributed by atoms with Crippen molar-refractivity contribution in [1.29, 1.82) is 0 Å². The average Bonchev–Trinajstić information content (AvgIpc) is 3.28. The van der Waals surface area contributed by atoms with E-state index in [1.165, 1.54) is 27.6 Å². The first kappa shape index (κ1) is 18.2. The van der Waals surface area contributed by atoms with Crippen LogP contribution in [0.2, 0.25) is 0 Å². The molecule has 0 aliphatic heterocycles. The molecule has 3 aromatic heterocycles. The Balaban J connectivity index is 1.60. The van der Waals surface area contributed by atoms with Crippen LogP contribution in [0.25, 0.3) is 10.6 Å². The lowest BCUT2D eigenvalue weighted by Gasteiger charge is -2.12. The smallest absolute Gasteiger partial charge is 0.262 e. The molecule has 1 unspecified atom stereocenters. The monoisotopic (exact) mass is 455 g/mol. The molecule has 0 saturated carbocycles. The Bertz CT molecular complexity index is 915. The standard InChI is InChI=1S/C16H14BrN3O2S3/c1-8-3-4-11(24-8)10-7-23-16(19-10)20-14(21)9(2)18-15(22)12-5-6-13(17)25-12/h3-7,9H,1-2H3,(H,18,22)(H,19,20,21). The predicted molar refractivity (Wildman–Crippen MR) is 108 cm³/mol. The van der Waals surface area contributed by atoms with E-state index in [1.54, 1.807) is 30.4 Å². The number of aryl methyl sites for hydroxylation is 1. The molecular weight excluding hydrogens is 442 g/mol. The number of aromatic nitrogens is 1. The number of rotatable bonds is 5. The van der Waals surface area contributed by atoms with Crippen LogP contribution in [0.1, 0.15) is 21.5 Å². The van der Waals surface area contributed by atoms with Gasteiger partial charge in [0, 0.05) is 10.3 Å². The lowest BCUT2D eigenvalue weighted by molar-refractivity contribution is -0.117. The van der Waals surface area contributed by atoms with Crippen molar-refractivity contribution in [3.05, 3.63) is 43.2 Å². The summed E-state index contributed by atoms with van der Waals surface area (Å²) >= 11 is 7.66. The van der Waals surface area contributed by atoms with E-state index in [0.717, 1.165) is 14.4 Å². The summed E-state index contributed by atoms with van der Waals surface area (Å²) < 4.78 is 0.869. The second-order valence-corrected chi connectivity index (χ2v) is 9.85. The van der Waals surface area contributed by atoms with Crippen LogP contribution < -0.4 is 10.6 Å². The van der Waals surface area contributed by atoms with Crippen molar-refractivity contribution in [1.82, 2.24) is 10.3 Å². The Labute approximate surface area is 165 Å². The molecule has 2 amide bonds. The van der Waals surface area contributed by atoms with Gasteiger partial charge in [-0.25, -0.2) is 4.98 Å². The summed E-state index contributed by atoms with van der Waals surface area (Å²) in [5.41, 5.74) is 0.846. The highest BCUT2D eigenvalue weighted by molar-refractivity contribution is 9.11. The lowest BCUT2D eigenvalue weighted by Crippen LogP contribution is -2.41. The minimum atomic E-state index is -0.662. The number of nitrogens with one attached hydrogen (secondary N) is 2. The molecule has 5 nitrogen and oxygen atoms in total. The molecule has 3 heterocycles. The highest BCUT2D eigenvalue weighted by Crippen LogP contribution is 2.30. The molecule has 25 heavy (non-hydrogen) atoms. The third-order valence-electron chi connectivity index (χ3n) is 3.27. The van der Waals surface area contributed by atoms with E-state index < -0.39 is 6.04 Å². The van der Waals surface area contributed by atoms with E-state index in [2.05, 4.69) is 31.5 Å². The molecule has 3 aromatic rings. The van der Waals surface area contributed by atoms with E-state index in [9.17, 15) is 9.59 Å². The van der Waals surface area contributed by atoms with Gasteiger partial charge in [-0.1, -0.05) is 0 Å². The fourth-order valence-corrected chi connectivity index (χ4v) is 4.91. The predicted octanol–water partition coefficient (Wildman–Crippen LogP) is 4.76. The minimum absolute atomic E-state index is 0.271. The largest absolute Gasteiger partial charge is 0.340 e. The SMILES string of the molecule is Cc1ccc(-c2csc(NC(=O)C(C)NC(=O)c3ccc(Br)s3)n2)s1. The van der Waals surface area contributed by atoms with Gasteiger partial charge in [0.15, 0.2) is 5.13 Å². The number of thiazole rings is 1. The molecule has 0 aliphatic rings. The third kappa shape index (κ3) is 4.55. The van der Waals surface area contributed by atoms with Gasteiger partial charge >= 0.3 is 0 Å². The second-order valence-electron chi connectivity index (χ2n) is 5.24. The van der Waals surface area contributed by atoms with Crippen LogP contribution in [-0.2, 0) is 4.79 Å². The topological polar surface area (TPSA) is 71.1 Å². The maximum atomic E-state index is 12.3. The Hall–Kier alpha value is -1.55. The Morgan fingerprint density at radius 1 is 1.20 bits per heavy atom. The summed E-state index contributed by atoms with van der Waals surface area (Å²) in [4.78, 5) is 31.6. The number of carbonyl (C=O) groups is 2. The van der Waals surface area contributed by atoms with Crippen LogP contribution in [-0.4, -0.2) is 22.8 Å². The molecule has 2 N–H and O–H groups in total. The van der Waals surface area contributed by atoms with Crippen LogP contribution in [0, 0.1) is 6.92 Å². The summed E-state index contributed by atoms with van der Waals surface area (Å²) in [6.45, 7) is 3.69. The second kappa shape index (κ2) is 7.77. The molecule has 0 spiro atoms. The highest BCUT2D eigenvalue weighted by Gasteiger charge is 2.19. The van der Waals surface area contributed by atoms with E-state index in [0.29, 0.717) is 10.0 Å². The van der Waals surface area contributed by atoms with Gasteiger partial charge in [-0.05, 0) is 54.0 Å². The van der Waals surface area contributed by atoms with Crippen LogP contribution in [0.15, 0.2) is 33.4 Å². The minimum Gasteiger partial charge on any atom is -0.340 e. The van der Waals surface area contributed by atoms with Gasteiger partial charge in [0.05, 0.1) is 19.2 Å². The van der Waals surface area contributed by atoms with E-state index in [1.807, 2.05) is 24.4 Å². The molecule has 130 valence electrons. The van der Waals surface area contributed by atoms with Gasteiger partial charge in [-0.3, -0.25) is 9.59 Å². The molecule has 0 aliphatic carbocycles. The number of hydrogen-bond acceptors (Lipinski definition) is 6. The number of thiophene rings is 2. The van der Waals surface area contributed by atoms with Gasteiger partial charge in [0.1, 0.15) is 6.04 Å². The summed E-state index contributed by atoms with van der Waals surface area (Å²) in [6, 6.07) is 6.91. The Morgan fingerprint density at radius 2 is 2.00 bits per heavy atom. The van der Waals surface area contributed by atoms with Gasteiger partial charge in [-0.2, -0.15) is 0 Å². The summed E-state index contributed by atoms with van der Waals surface area (Å²) in [5.74, 6) is -0.570. The maximum absolute atomic E-state index is 12.3. The third-order valence-corrected chi connectivity index (χ3v) is 6.67. The number of anilines is 1. The zero-order chi connectivity index (χ0) is 18.0. The molecule has 1 atom stereocenters. The molecule has 0 bridgehead atoms. The van der Waals surface area contributed by atoms with Crippen molar-refractivity contribution in [2.24, 2.45) is 0 Å². The number of carbonyl (C=O) groups excluding carboxylic acids is 2. The van der Waals surface area contributed by atoms with Crippen LogP contribution in [0.3, 0.4) is 0 Å². The summed E-state index contributed by atoms with van der Waals surface area (Å²) in [6.07, 6.45) is 0. The van der Waals surface area contributed by atoms with Crippen molar-refractivity contribution >= 4 is 66.9 Å². The van der Waals surface area contributed by atoms with E-state index in [4.69, 9.17) is 0 Å². The average molecular weight is 456 g/mol. The lowest BCUT2D eigenvalue weighted by atomic mass is 10.3. The molecule has 0 saturated heterocycles. The van der Waals surface area contributed by atoms with E-state index >= 15 is 0 Å². The summed E-state index contributed by atoms with van der Waals surface area (Å²) in [7, 11) is 0. The quantitative estimate of drug-likeness (QED) is 0.582. The van der Waals surface area contributed by atoms with Crippen molar-refractivity contribution in [3.63, 3.8) is 0 Å². The first-order chi connectivity index (χ1) is 11.9. The molecule has 9 heteroatoms. The van der Waals surface area contributed by atoms with Crippen molar-refractivity contribution in [2.45, 2.75) is 19.9 Å². The molecule has 3 rings (SSSR count). The van der Waals surface area contributed by atoms with Gasteiger partial charge < -0.3 is 10.6 Å². The number of amides is 2. The summed E-state index contributed by atoms with van der Waals surface area (Å²) in [5, 5.41) is 7.87. The number of nitrogens with zero attached hydrogens (tertiary/aromatic N) is 1. The van der Waals surface area contributed by atoms with Crippen LogP contribution in [0.4, 0.5) is 5.13 Å². The maximum Gasteiger partial charge on any atom is 0.262 e. The van der Waals surface area contributed by atoms with Crippen LogP contribution >= 0.6 is 49.9 Å². The normalized spacial score (nSPS) is 12.0. The van der Waals surface area contributed by atoms with Gasteiger partial charge in [-0.15, -0.1) is 34.0 Å².